The van der Waals surface area contributed by atoms with Gasteiger partial charge in [-0.2, -0.15) is 4.31 Å². The summed E-state index contributed by atoms with van der Waals surface area (Å²) in [4.78, 5) is 13.0. The van der Waals surface area contributed by atoms with Gasteiger partial charge < -0.3 is 5.32 Å². The van der Waals surface area contributed by atoms with Crippen molar-refractivity contribution >= 4 is 15.9 Å². The fourth-order valence-electron chi connectivity index (χ4n) is 3.49. The SMILES string of the molecule is Cc1ccc(S(=O)(=O)N2CCCC2)cc1C(=O)N[C@@H](C)CCc1ccccc1. The van der Waals surface area contributed by atoms with Gasteiger partial charge in [0.1, 0.15) is 0 Å². The number of hydrogen-bond donors (Lipinski definition) is 1. The largest absolute Gasteiger partial charge is 0.350 e. The Bertz CT molecular complexity index is 920. The Morgan fingerprint density at radius 1 is 1.11 bits per heavy atom. The van der Waals surface area contributed by atoms with E-state index in [0.29, 0.717) is 18.7 Å². The van der Waals surface area contributed by atoms with E-state index in [0.717, 1.165) is 31.2 Å². The molecule has 1 amide bonds. The molecule has 3 rings (SSSR count). The van der Waals surface area contributed by atoms with Crippen molar-refractivity contribution in [1.82, 2.24) is 9.62 Å². The standard InChI is InChI=1S/C22H28N2O3S/c1-17-10-13-20(28(26,27)24-14-6-7-15-24)16-21(17)22(25)23-18(2)11-12-19-8-4-3-5-9-19/h3-5,8-10,13,16,18H,6-7,11-12,14-15H2,1-2H3,(H,23,25)/t18-/m0/s1. The highest BCUT2D eigenvalue weighted by Gasteiger charge is 2.28. The molecule has 0 unspecified atom stereocenters. The van der Waals surface area contributed by atoms with Gasteiger partial charge in [0.15, 0.2) is 0 Å². The third-order valence-corrected chi connectivity index (χ3v) is 7.14. The van der Waals surface area contributed by atoms with Crippen molar-refractivity contribution in [1.29, 1.82) is 0 Å². The second-order valence-corrected chi connectivity index (χ2v) is 9.42. The van der Waals surface area contributed by atoms with Crippen LogP contribution in [0.1, 0.15) is 47.7 Å². The summed E-state index contributed by atoms with van der Waals surface area (Å²) in [5.74, 6) is -0.225. The highest BCUT2D eigenvalue weighted by Crippen LogP contribution is 2.23. The number of rotatable bonds is 7. The van der Waals surface area contributed by atoms with Crippen LogP contribution in [0.15, 0.2) is 53.4 Å². The molecule has 1 saturated heterocycles. The van der Waals surface area contributed by atoms with Gasteiger partial charge in [-0.25, -0.2) is 8.42 Å². The molecule has 1 atom stereocenters. The number of amides is 1. The van der Waals surface area contributed by atoms with Crippen molar-refractivity contribution < 1.29 is 13.2 Å². The van der Waals surface area contributed by atoms with E-state index in [4.69, 9.17) is 0 Å². The van der Waals surface area contributed by atoms with Crippen LogP contribution in [-0.2, 0) is 16.4 Å². The Kier molecular flexibility index (Phi) is 6.52. The molecule has 2 aromatic carbocycles. The van der Waals surface area contributed by atoms with E-state index in [1.807, 2.05) is 32.0 Å². The Morgan fingerprint density at radius 3 is 2.46 bits per heavy atom. The summed E-state index contributed by atoms with van der Waals surface area (Å²) >= 11 is 0. The second-order valence-electron chi connectivity index (χ2n) is 7.49. The topological polar surface area (TPSA) is 66.5 Å². The summed E-state index contributed by atoms with van der Waals surface area (Å²) in [5, 5.41) is 3.01. The molecule has 5 nitrogen and oxygen atoms in total. The van der Waals surface area contributed by atoms with E-state index < -0.39 is 10.0 Å². The van der Waals surface area contributed by atoms with E-state index in [9.17, 15) is 13.2 Å². The summed E-state index contributed by atoms with van der Waals surface area (Å²) in [5.41, 5.74) is 2.43. The van der Waals surface area contributed by atoms with Crippen molar-refractivity contribution in [2.75, 3.05) is 13.1 Å². The second kappa shape index (κ2) is 8.88. The molecule has 1 heterocycles. The summed E-state index contributed by atoms with van der Waals surface area (Å²) in [6.07, 6.45) is 3.47. The van der Waals surface area contributed by atoms with Gasteiger partial charge >= 0.3 is 0 Å². The van der Waals surface area contributed by atoms with Gasteiger partial charge in [0.2, 0.25) is 10.0 Å². The van der Waals surface area contributed by atoms with Crippen LogP contribution in [0.4, 0.5) is 0 Å². The summed E-state index contributed by atoms with van der Waals surface area (Å²) < 4.78 is 27.1. The molecule has 0 radical (unpaired) electrons. The van der Waals surface area contributed by atoms with Crippen LogP contribution in [-0.4, -0.2) is 37.8 Å². The van der Waals surface area contributed by atoms with Crippen LogP contribution in [0.5, 0.6) is 0 Å². The van der Waals surface area contributed by atoms with E-state index >= 15 is 0 Å². The zero-order valence-electron chi connectivity index (χ0n) is 16.5. The fraction of sp³-hybridized carbons (Fsp3) is 0.409. The van der Waals surface area contributed by atoms with Crippen molar-refractivity contribution in [3.8, 4) is 0 Å². The predicted octanol–water partition coefficient (Wildman–Crippen LogP) is 3.53. The first-order valence-corrected chi connectivity index (χ1v) is 11.3. The van der Waals surface area contributed by atoms with Crippen LogP contribution >= 0.6 is 0 Å². The average molecular weight is 401 g/mol. The van der Waals surface area contributed by atoms with Crippen LogP contribution in [0.3, 0.4) is 0 Å². The first-order chi connectivity index (χ1) is 13.4. The number of hydrogen-bond acceptors (Lipinski definition) is 3. The minimum absolute atomic E-state index is 0.00838. The van der Waals surface area contributed by atoms with Gasteiger partial charge in [0, 0.05) is 24.7 Å². The van der Waals surface area contributed by atoms with E-state index in [1.165, 1.54) is 15.9 Å². The smallest absolute Gasteiger partial charge is 0.251 e. The van der Waals surface area contributed by atoms with Crippen molar-refractivity contribution in [2.24, 2.45) is 0 Å². The average Bonchev–Trinajstić information content (AvgIpc) is 3.23. The number of nitrogens with zero attached hydrogens (tertiary/aromatic N) is 1. The molecule has 0 spiro atoms. The molecule has 28 heavy (non-hydrogen) atoms. The lowest BCUT2D eigenvalue weighted by Gasteiger charge is -2.18. The van der Waals surface area contributed by atoms with E-state index in [1.54, 1.807) is 12.1 Å². The lowest BCUT2D eigenvalue weighted by Crippen LogP contribution is -2.34. The van der Waals surface area contributed by atoms with Gasteiger partial charge in [-0.3, -0.25) is 4.79 Å². The van der Waals surface area contributed by atoms with Crippen LogP contribution in [0, 0.1) is 6.92 Å². The lowest BCUT2D eigenvalue weighted by molar-refractivity contribution is 0.0937. The molecule has 0 bridgehead atoms. The zero-order valence-corrected chi connectivity index (χ0v) is 17.3. The van der Waals surface area contributed by atoms with Crippen molar-refractivity contribution in [2.45, 2.75) is 50.5 Å². The minimum Gasteiger partial charge on any atom is -0.350 e. The first kappa shape index (κ1) is 20.6. The third kappa shape index (κ3) is 4.80. The maximum absolute atomic E-state index is 12.8. The molecule has 1 N–H and O–H groups in total. The van der Waals surface area contributed by atoms with Crippen LogP contribution in [0.25, 0.3) is 0 Å². The summed E-state index contributed by atoms with van der Waals surface area (Å²) in [6, 6.07) is 15.0. The quantitative estimate of drug-likeness (QED) is 0.773. The summed E-state index contributed by atoms with van der Waals surface area (Å²) in [7, 11) is -3.53. The molecule has 150 valence electrons. The maximum atomic E-state index is 12.8. The first-order valence-electron chi connectivity index (χ1n) is 9.83. The summed E-state index contributed by atoms with van der Waals surface area (Å²) in [6.45, 7) is 4.90. The van der Waals surface area contributed by atoms with E-state index in [-0.39, 0.29) is 16.8 Å². The minimum atomic E-state index is -3.53. The van der Waals surface area contributed by atoms with Gasteiger partial charge in [0.25, 0.3) is 5.91 Å². The molecule has 2 aromatic rings. The van der Waals surface area contributed by atoms with E-state index in [2.05, 4.69) is 17.4 Å². The monoisotopic (exact) mass is 400 g/mol. The molecular weight excluding hydrogens is 372 g/mol. The molecule has 0 aliphatic carbocycles. The van der Waals surface area contributed by atoms with Gasteiger partial charge in [0.05, 0.1) is 4.90 Å². The van der Waals surface area contributed by atoms with Gasteiger partial charge in [-0.05, 0) is 62.8 Å². The van der Waals surface area contributed by atoms with Crippen LogP contribution < -0.4 is 5.32 Å². The number of nitrogens with one attached hydrogen (secondary N) is 1. The van der Waals surface area contributed by atoms with Gasteiger partial charge in [-0.1, -0.05) is 36.4 Å². The Balaban J connectivity index is 1.69. The molecule has 0 saturated carbocycles. The molecule has 1 aliphatic rings. The fourth-order valence-corrected chi connectivity index (χ4v) is 5.03. The normalized spacial score (nSPS) is 16.1. The highest BCUT2D eigenvalue weighted by molar-refractivity contribution is 7.89. The third-order valence-electron chi connectivity index (χ3n) is 5.24. The predicted molar refractivity (Wildman–Crippen MR) is 111 cm³/mol. The Hall–Kier alpha value is -2.18. The molecule has 1 aliphatic heterocycles. The van der Waals surface area contributed by atoms with Crippen molar-refractivity contribution in [3.05, 3.63) is 65.2 Å². The Morgan fingerprint density at radius 2 is 1.79 bits per heavy atom. The van der Waals surface area contributed by atoms with Crippen LogP contribution in [0.2, 0.25) is 0 Å². The number of sulfonamides is 1. The molecule has 0 aromatic heterocycles. The molecule has 6 heteroatoms. The number of aryl methyl sites for hydroxylation is 2. The Labute approximate surface area is 167 Å². The maximum Gasteiger partial charge on any atom is 0.251 e. The number of benzene rings is 2. The zero-order chi connectivity index (χ0) is 20.1. The molecule has 1 fully saturated rings. The highest BCUT2D eigenvalue weighted by atomic mass is 32.2. The lowest BCUT2D eigenvalue weighted by atomic mass is 10.0. The van der Waals surface area contributed by atoms with Gasteiger partial charge in [-0.15, -0.1) is 0 Å². The number of carbonyl (C=O) groups is 1. The molecular formula is C22H28N2O3S. The van der Waals surface area contributed by atoms with Crippen molar-refractivity contribution in [3.63, 3.8) is 0 Å². The number of carbonyl (C=O) groups excluding carboxylic acids is 1.